The summed E-state index contributed by atoms with van der Waals surface area (Å²) in [7, 11) is 2.18. The van der Waals surface area contributed by atoms with E-state index < -0.39 is 0 Å². The van der Waals surface area contributed by atoms with Crippen LogP contribution >= 0.6 is 0 Å². The first-order valence-electron chi connectivity index (χ1n) is 2.81. The maximum absolute atomic E-state index is 3.33. The molecule has 2 heterocycles. The summed E-state index contributed by atoms with van der Waals surface area (Å²) in [5.41, 5.74) is 0. The molecular formula is C5H10N2. The van der Waals surface area contributed by atoms with Gasteiger partial charge < -0.3 is 5.32 Å². The zero-order chi connectivity index (χ0) is 4.85. The second-order valence-corrected chi connectivity index (χ2v) is 2.52. The molecule has 2 atom stereocenters. The Morgan fingerprint density at radius 1 is 1.71 bits per heavy atom. The number of nitrogens with zero attached hydrogens (tertiary/aromatic N) is 1. The van der Waals surface area contributed by atoms with Crippen molar-refractivity contribution in [1.29, 1.82) is 0 Å². The lowest BCUT2D eigenvalue weighted by Crippen LogP contribution is -2.76. The summed E-state index contributed by atoms with van der Waals surface area (Å²) in [6, 6.07) is 1.77. The molecule has 0 aromatic carbocycles. The molecule has 0 aromatic rings. The first-order chi connectivity index (χ1) is 3.38. The van der Waals surface area contributed by atoms with E-state index in [0.717, 1.165) is 12.1 Å². The lowest BCUT2D eigenvalue weighted by Gasteiger charge is -2.54. The van der Waals surface area contributed by atoms with Crippen molar-refractivity contribution in [3.05, 3.63) is 0 Å². The number of rotatable bonds is 0. The SMILES string of the molecule is CN1CC2NC[C@H]21. The van der Waals surface area contributed by atoms with Crippen LogP contribution in [0.2, 0.25) is 0 Å². The van der Waals surface area contributed by atoms with Crippen LogP contribution in [0.15, 0.2) is 0 Å². The van der Waals surface area contributed by atoms with Crippen LogP contribution in [0.4, 0.5) is 0 Å². The van der Waals surface area contributed by atoms with Crippen LogP contribution in [-0.4, -0.2) is 37.1 Å². The first kappa shape index (κ1) is 3.87. The van der Waals surface area contributed by atoms with Gasteiger partial charge in [-0.25, -0.2) is 0 Å². The van der Waals surface area contributed by atoms with Gasteiger partial charge in [-0.1, -0.05) is 0 Å². The standard InChI is InChI=1S/C5H10N2/c1-7-3-4-5(7)2-6-4/h4-6H,2-3H2,1H3/t4?,5-/m1/s1. The van der Waals surface area contributed by atoms with Crippen LogP contribution in [0.25, 0.3) is 0 Å². The molecule has 0 spiro atoms. The fourth-order valence-corrected chi connectivity index (χ4v) is 1.35. The van der Waals surface area contributed by atoms with Gasteiger partial charge >= 0.3 is 0 Å². The van der Waals surface area contributed by atoms with E-state index in [-0.39, 0.29) is 0 Å². The second-order valence-electron chi connectivity index (χ2n) is 2.52. The zero-order valence-electron chi connectivity index (χ0n) is 4.52. The number of likely N-dealkylation sites (tertiary alicyclic amines) is 1. The minimum absolute atomic E-state index is 0.866. The third-order valence-electron chi connectivity index (χ3n) is 2.10. The molecule has 2 aliphatic rings. The van der Waals surface area contributed by atoms with Crippen molar-refractivity contribution in [3.63, 3.8) is 0 Å². The van der Waals surface area contributed by atoms with Crippen LogP contribution in [0.3, 0.4) is 0 Å². The van der Waals surface area contributed by atoms with Gasteiger partial charge in [-0.15, -0.1) is 0 Å². The average Bonchev–Trinajstić information content (AvgIpc) is 1.59. The maximum atomic E-state index is 3.33. The van der Waals surface area contributed by atoms with Gasteiger partial charge in [-0.3, -0.25) is 4.90 Å². The quantitative estimate of drug-likeness (QED) is 0.430. The van der Waals surface area contributed by atoms with Gasteiger partial charge in [-0.05, 0) is 7.05 Å². The van der Waals surface area contributed by atoms with E-state index in [4.69, 9.17) is 0 Å². The molecule has 1 N–H and O–H groups in total. The van der Waals surface area contributed by atoms with E-state index in [0.29, 0.717) is 0 Å². The summed E-state index contributed by atoms with van der Waals surface area (Å²) in [5, 5.41) is 3.33. The fourth-order valence-electron chi connectivity index (χ4n) is 1.35. The molecular weight excluding hydrogens is 88.1 g/mol. The summed E-state index contributed by atoms with van der Waals surface area (Å²) in [6.45, 7) is 2.49. The minimum atomic E-state index is 0.866. The van der Waals surface area contributed by atoms with Gasteiger partial charge in [0.15, 0.2) is 0 Å². The van der Waals surface area contributed by atoms with Crippen LogP contribution in [0, 0.1) is 0 Å². The number of hydrogen-bond donors (Lipinski definition) is 1. The highest BCUT2D eigenvalue weighted by molar-refractivity contribution is 5.04. The lowest BCUT2D eigenvalue weighted by atomic mass is 9.90. The van der Waals surface area contributed by atoms with Gasteiger partial charge in [-0.2, -0.15) is 0 Å². The molecule has 40 valence electrons. The Labute approximate surface area is 43.5 Å². The topological polar surface area (TPSA) is 15.3 Å². The molecule has 2 saturated heterocycles. The Morgan fingerprint density at radius 2 is 2.57 bits per heavy atom. The molecule has 2 nitrogen and oxygen atoms in total. The molecule has 7 heavy (non-hydrogen) atoms. The van der Waals surface area contributed by atoms with Gasteiger partial charge in [0.2, 0.25) is 0 Å². The highest BCUT2D eigenvalue weighted by Crippen LogP contribution is 2.21. The third kappa shape index (κ3) is 0.318. The lowest BCUT2D eigenvalue weighted by molar-refractivity contribution is 0.00576. The minimum Gasteiger partial charge on any atom is -0.310 e. The monoisotopic (exact) mass is 98.1 g/mol. The van der Waals surface area contributed by atoms with Crippen molar-refractivity contribution in [2.24, 2.45) is 0 Å². The molecule has 2 aliphatic heterocycles. The fraction of sp³-hybridized carbons (Fsp3) is 1.00. The highest BCUT2D eigenvalue weighted by atomic mass is 15.3. The predicted molar refractivity (Wildman–Crippen MR) is 28.2 cm³/mol. The molecule has 0 aliphatic carbocycles. The van der Waals surface area contributed by atoms with E-state index in [1.54, 1.807) is 0 Å². The van der Waals surface area contributed by atoms with E-state index in [9.17, 15) is 0 Å². The molecule has 0 radical (unpaired) electrons. The summed E-state index contributed by atoms with van der Waals surface area (Å²) in [6.07, 6.45) is 0. The van der Waals surface area contributed by atoms with Crippen LogP contribution < -0.4 is 5.32 Å². The third-order valence-corrected chi connectivity index (χ3v) is 2.10. The van der Waals surface area contributed by atoms with Gasteiger partial charge in [0, 0.05) is 25.2 Å². The molecule has 2 fully saturated rings. The van der Waals surface area contributed by atoms with Crippen LogP contribution in [0.1, 0.15) is 0 Å². The Bertz CT molecular complexity index is 88.1. The smallest absolute Gasteiger partial charge is 0.0384 e. The van der Waals surface area contributed by atoms with Crippen molar-refractivity contribution in [2.75, 3.05) is 20.1 Å². The summed E-state index contributed by atoms with van der Waals surface area (Å²) in [5.74, 6) is 0. The van der Waals surface area contributed by atoms with Crippen molar-refractivity contribution in [2.45, 2.75) is 12.1 Å². The summed E-state index contributed by atoms with van der Waals surface area (Å²) < 4.78 is 0. The second kappa shape index (κ2) is 1.01. The molecule has 0 aromatic heterocycles. The predicted octanol–water partition coefficient (Wildman–Crippen LogP) is -0.728. The molecule has 2 rings (SSSR count). The van der Waals surface area contributed by atoms with Gasteiger partial charge in [0.1, 0.15) is 0 Å². The Hall–Kier alpha value is -0.0800. The van der Waals surface area contributed by atoms with Crippen LogP contribution in [-0.2, 0) is 0 Å². The van der Waals surface area contributed by atoms with E-state index in [1.165, 1.54) is 13.1 Å². The molecule has 0 amide bonds. The average molecular weight is 98.1 g/mol. The van der Waals surface area contributed by atoms with Gasteiger partial charge in [0.25, 0.3) is 0 Å². The Balaban J connectivity index is 1.99. The van der Waals surface area contributed by atoms with Crippen LogP contribution in [0.5, 0.6) is 0 Å². The maximum Gasteiger partial charge on any atom is 0.0384 e. The van der Waals surface area contributed by atoms with E-state index in [1.807, 2.05) is 0 Å². The molecule has 0 bridgehead atoms. The van der Waals surface area contributed by atoms with E-state index in [2.05, 4.69) is 17.3 Å². The Morgan fingerprint density at radius 3 is 2.57 bits per heavy atom. The number of hydrogen-bond acceptors (Lipinski definition) is 2. The highest BCUT2D eigenvalue weighted by Gasteiger charge is 2.42. The number of nitrogens with one attached hydrogen (secondary N) is 1. The largest absolute Gasteiger partial charge is 0.310 e. The van der Waals surface area contributed by atoms with E-state index >= 15 is 0 Å². The number of fused-ring (bicyclic) bond motifs is 1. The summed E-state index contributed by atoms with van der Waals surface area (Å²) >= 11 is 0. The van der Waals surface area contributed by atoms with Crippen molar-refractivity contribution < 1.29 is 0 Å². The Kier molecular flexibility index (Phi) is 0.557. The molecule has 1 unspecified atom stereocenters. The number of piperazine rings is 1. The van der Waals surface area contributed by atoms with Gasteiger partial charge in [0.05, 0.1) is 0 Å². The normalized spacial score (nSPS) is 49.3. The van der Waals surface area contributed by atoms with Crippen molar-refractivity contribution >= 4 is 0 Å². The molecule has 2 heteroatoms. The number of likely N-dealkylation sites (N-methyl/N-ethyl adjacent to an activating group) is 1. The summed E-state index contributed by atoms with van der Waals surface area (Å²) in [4.78, 5) is 2.39. The first-order valence-corrected chi connectivity index (χ1v) is 2.81. The zero-order valence-corrected chi connectivity index (χ0v) is 4.52. The molecule has 0 saturated carbocycles. The van der Waals surface area contributed by atoms with Crippen molar-refractivity contribution in [3.8, 4) is 0 Å². The van der Waals surface area contributed by atoms with Crippen molar-refractivity contribution in [1.82, 2.24) is 10.2 Å².